The van der Waals surface area contributed by atoms with Crippen molar-refractivity contribution in [3.05, 3.63) is 34.3 Å². The maximum atomic E-state index is 12.2. The summed E-state index contributed by atoms with van der Waals surface area (Å²) in [6, 6.07) is 3.77. The van der Waals surface area contributed by atoms with Crippen LogP contribution in [0, 0.1) is 5.92 Å². The van der Waals surface area contributed by atoms with Gasteiger partial charge in [0.1, 0.15) is 12.4 Å². The number of aromatic nitrogens is 2. The molecule has 0 radical (unpaired) electrons. The van der Waals surface area contributed by atoms with Crippen molar-refractivity contribution in [3.8, 4) is 0 Å². The van der Waals surface area contributed by atoms with Gasteiger partial charge in [-0.3, -0.25) is 9.69 Å². The Labute approximate surface area is 147 Å². The van der Waals surface area contributed by atoms with Gasteiger partial charge < -0.3 is 19.0 Å². The Hall–Kier alpha value is -1.71. The summed E-state index contributed by atoms with van der Waals surface area (Å²) < 4.78 is 16.6. The van der Waals surface area contributed by atoms with Crippen LogP contribution in [0.15, 0.2) is 25.7 Å². The van der Waals surface area contributed by atoms with E-state index in [1.807, 2.05) is 12.1 Å². The zero-order valence-electron chi connectivity index (χ0n) is 13.5. The maximum absolute atomic E-state index is 12.2. The lowest BCUT2D eigenvalue weighted by Gasteiger charge is -2.13. The average molecular weight is 399 g/mol. The zero-order valence-corrected chi connectivity index (χ0v) is 15.1. The second-order valence-corrected chi connectivity index (χ2v) is 6.49. The van der Waals surface area contributed by atoms with Crippen molar-refractivity contribution in [2.75, 3.05) is 27.2 Å². The number of hydrogen-bond acceptors (Lipinski definition) is 7. The molecule has 1 aliphatic heterocycles. The molecule has 0 saturated carbocycles. The Morgan fingerprint density at radius 2 is 2.33 bits per heavy atom. The summed E-state index contributed by atoms with van der Waals surface area (Å²) in [5.74, 6) is 1.36. The Morgan fingerprint density at radius 3 is 3.00 bits per heavy atom. The van der Waals surface area contributed by atoms with Crippen LogP contribution >= 0.6 is 15.9 Å². The highest BCUT2D eigenvalue weighted by Gasteiger charge is 2.41. The predicted octanol–water partition coefficient (Wildman–Crippen LogP) is 1.53. The number of likely N-dealkylation sites (tertiary alicyclic amines) is 1. The summed E-state index contributed by atoms with van der Waals surface area (Å²) in [6.45, 7) is 2.15. The third-order valence-electron chi connectivity index (χ3n) is 4.06. The van der Waals surface area contributed by atoms with Crippen molar-refractivity contribution < 1.29 is 18.5 Å². The minimum absolute atomic E-state index is 0.0328. The average Bonchev–Trinajstić information content (AvgIpc) is 3.27. The summed E-state index contributed by atoms with van der Waals surface area (Å²) in [6.07, 6.45) is 0. The highest BCUT2D eigenvalue weighted by molar-refractivity contribution is 9.10. The number of hydrogen-bond donors (Lipinski definition) is 1. The summed E-state index contributed by atoms with van der Waals surface area (Å²) in [7, 11) is 3.21. The standard InChI is InChI=1S/C15H19BrN4O4/c1-17-14(21)10-6-20(5-9-3-4-12(16)23-9)7-11(10)15-18-13(8-22-2)19-24-15/h3-4,10-11H,5-8H2,1-2H3,(H,17,21)/t10-,11-/m1/s1. The Morgan fingerprint density at radius 1 is 1.50 bits per heavy atom. The first kappa shape index (κ1) is 17.1. The normalized spacial score (nSPS) is 21.3. The van der Waals surface area contributed by atoms with Crippen molar-refractivity contribution in [3.63, 3.8) is 0 Å². The number of methoxy groups -OCH3 is 1. The number of nitrogens with zero attached hydrogens (tertiary/aromatic N) is 3. The van der Waals surface area contributed by atoms with Crippen LogP contribution in [-0.4, -0.2) is 48.2 Å². The molecule has 2 atom stereocenters. The van der Waals surface area contributed by atoms with Crippen LogP contribution in [-0.2, 0) is 22.7 Å². The molecule has 8 nitrogen and oxygen atoms in total. The van der Waals surface area contributed by atoms with Crippen LogP contribution in [0.5, 0.6) is 0 Å². The van der Waals surface area contributed by atoms with Crippen LogP contribution in [0.25, 0.3) is 0 Å². The van der Waals surface area contributed by atoms with Crippen molar-refractivity contribution in [2.45, 2.75) is 19.1 Å². The SMILES string of the molecule is CNC(=O)[C@@H]1CN(Cc2ccc(Br)o2)C[C@H]1c1nc(COC)no1. The minimum atomic E-state index is -0.246. The molecule has 3 rings (SSSR count). The van der Waals surface area contributed by atoms with Gasteiger partial charge in [0.2, 0.25) is 11.8 Å². The molecule has 0 spiro atoms. The van der Waals surface area contributed by atoms with Gasteiger partial charge in [-0.25, -0.2) is 0 Å². The van der Waals surface area contributed by atoms with Crippen LogP contribution in [0.4, 0.5) is 0 Å². The molecule has 1 amide bonds. The number of halogens is 1. The van der Waals surface area contributed by atoms with Crippen molar-refractivity contribution in [1.29, 1.82) is 0 Å². The van der Waals surface area contributed by atoms with E-state index in [-0.39, 0.29) is 24.3 Å². The van der Waals surface area contributed by atoms with E-state index in [4.69, 9.17) is 13.7 Å². The lowest BCUT2D eigenvalue weighted by molar-refractivity contribution is -0.124. The number of ether oxygens (including phenoxy) is 1. The van der Waals surface area contributed by atoms with Crippen molar-refractivity contribution in [1.82, 2.24) is 20.4 Å². The molecule has 2 aromatic heterocycles. The third-order valence-corrected chi connectivity index (χ3v) is 4.49. The van der Waals surface area contributed by atoms with E-state index < -0.39 is 0 Å². The monoisotopic (exact) mass is 398 g/mol. The van der Waals surface area contributed by atoms with E-state index >= 15 is 0 Å². The number of rotatable bonds is 6. The fraction of sp³-hybridized carbons (Fsp3) is 0.533. The molecule has 1 saturated heterocycles. The van der Waals surface area contributed by atoms with E-state index in [0.717, 1.165) is 5.76 Å². The number of carbonyl (C=O) groups is 1. The highest BCUT2D eigenvalue weighted by Crippen LogP contribution is 2.33. The lowest BCUT2D eigenvalue weighted by Crippen LogP contribution is -2.32. The van der Waals surface area contributed by atoms with Crippen LogP contribution in [0.1, 0.15) is 23.4 Å². The van der Waals surface area contributed by atoms with Crippen LogP contribution < -0.4 is 5.32 Å². The third kappa shape index (κ3) is 3.68. The highest BCUT2D eigenvalue weighted by atomic mass is 79.9. The molecule has 0 aromatic carbocycles. The molecule has 1 fully saturated rings. The second kappa shape index (κ2) is 7.45. The molecule has 0 bridgehead atoms. The van der Waals surface area contributed by atoms with Gasteiger partial charge >= 0.3 is 0 Å². The van der Waals surface area contributed by atoms with Gasteiger partial charge in [-0.1, -0.05) is 5.16 Å². The summed E-state index contributed by atoms with van der Waals surface area (Å²) in [5, 5.41) is 6.61. The number of amides is 1. The summed E-state index contributed by atoms with van der Waals surface area (Å²) in [4.78, 5) is 18.8. The molecular weight excluding hydrogens is 380 g/mol. The minimum Gasteiger partial charge on any atom is -0.453 e. The van der Waals surface area contributed by atoms with Crippen molar-refractivity contribution >= 4 is 21.8 Å². The molecule has 24 heavy (non-hydrogen) atoms. The smallest absolute Gasteiger partial charge is 0.231 e. The molecule has 1 aliphatic rings. The number of furan rings is 1. The zero-order chi connectivity index (χ0) is 17.1. The second-order valence-electron chi connectivity index (χ2n) is 5.71. The molecule has 3 heterocycles. The van der Waals surface area contributed by atoms with Gasteiger partial charge in [0.15, 0.2) is 10.5 Å². The Bertz CT molecular complexity index is 701. The van der Waals surface area contributed by atoms with Gasteiger partial charge in [-0.15, -0.1) is 0 Å². The quantitative estimate of drug-likeness (QED) is 0.788. The topological polar surface area (TPSA) is 93.6 Å². The predicted molar refractivity (Wildman–Crippen MR) is 87.0 cm³/mol. The molecule has 1 N–H and O–H groups in total. The van der Waals surface area contributed by atoms with E-state index in [0.29, 0.717) is 36.0 Å². The molecule has 9 heteroatoms. The lowest BCUT2D eigenvalue weighted by atomic mass is 9.95. The molecule has 130 valence electrons. The first-order valence-corrected chi connectivity index (χ1v) is 8.39. The van der Waals surface area contributed by atoms with Gasteiger partial charge in [0, 0.05) is 27.2 Å². The fourth-order valence-corrected chi connectivity index (χ4v) is 3.32. The maximum Gasteiger partial charge on any atom is 0.231 e. The van der Waals surface area contributed by atoms with E-state index in [9.17, 15) is 4.79 Å². The largest absolute Gasteiger partial charge is 0.453 e. The Kier molecular flexibility index (Phi) is 5.32. The molecule has 0 aliphatic carbocycles. The number of nitrogens with one attached hydrogen (secondary N) is 1. The fourth-order valence-electron chi connectivity index (χ4n) is 2.98. The molecule has 0 unspecified atom stereocenters. The molecular formula is C15H19BrN4O4. The van der Waals surface area contributed by atoms with E-state index in [2.05, 4.69) is 36.3 Å². The summed E-state index contributed by atoms with van der Waals surface area (Å²) >= 11 is 3.30. The van der Waals surface area contributed by atoms with E-state index in [1.54, 1.807) is 14.2 Å². The Balaban J connectivity index is 1.75. The first-order chi connectivity index (χ1) is 11.6. The number of carbonyl (C=O) groups excluding carboxylic acids is 1. The van der Waals surface area contributed by atoms with Gasteiger partial charge in [-0.2, -0.15) is 4.98 Å². The van der Waals surface area contributed by atoms with E-state index in [1.165, 1.54) is 0 Å². The van der Waals surface area contributed by atoms with Crippen molar-refractivity contribution in [2.24, 2.45) is 5.92 Å². The first-order valence-electron chi connectivity index (χ1n) is 7.60. The van der Waals surface area contributed by atoms with Crippen LogP contribution in [0.2, 0.25) is 0 Å². The van der Waals surface area contributed by atoms with Crippen LogP contribution in [0.3, 0.4) is 0 Å². The summed E-state index contributed by atoms with van der Waals surface area (Å²) in [5.41, 5.74) is 0. The van der Waals surface area contributed by atoms with Gasteiger partial charge in [0.05, 0.1) is 18.4 Å². The van der Waals surface area contributed by atoms with Gasteiger partial charge in [-0.05, 0) is 28.1 Å². The van der Waals surface area contributed by atoms with Gasteiger partial charge in [0.25, 0.3) is 0 Å². The molecule has 2 aromatic rings.